The molecule has 140 valence electrons. The van der Waals surface area contributed by atoms with E-state index < -0.39 is 0 Å². The number of rotatable bonds is 4. The number of H-pyrrole nitrogens is 2. The van der Waals surface area contributed by atoms with Crippen molar-refractivity contribution in [1.82, 2.24) is 35.5 Å². The third-order valence-corrected chi connectivity index (χ3v) is 4.17. The smallest absolute Gasteiger partial charge is 0.270 e. The molecule has 0 aromatic carbocycles. The number of anilines is 1. The van der Waals surface area contributed by atoms with Gasteiger partial charge in [0.05, 0.1) is 11.7 Å². The van der Waals surface area contributed by atoms with Crippen molar-refractivity contribution in [2.45, 2.75) is 33.2 Å². The zero-order chi connectivity index (χ0) is 18.1. The molecule has 0 unspecified atom stereocenters. The van der Waals surface area contributed by atoms with Gasteiger partial charge in [-0.15, -0.1) is 0 Å². The Morgan fingerprint density at radius 3 is 2.89 bits per heavy atom. The quantitative estimate of drug-likeness (QED) is 0.551. The van der Waals surface area contributed by atoms with Crippen molar-refractivity contribution >= 4 is 17.6 Å². The molecular formula is C17H20N8O2. The Balaban J connectivity index is 0.00000210. The monoisotopic (exact) mass is 368 g/mol. The lowest BCUT2D eigenvalue weighted by Crippen LogP contribution is -2.31. The second-order valence-electron chi connectivity index (χ2n) is 5.94. The minimum atomic E-state index is -0.332. The first kappa shape index (κ1) is 18.2. The number of hydrogen-bond acceptors (Lipinski definition) is 6. The predicted molar refractivity (Wildman–Crippen MR) is 97.8 cm³/mol. The van der Waals surface area contributed by atoms with Gasteiger partial charge in [0.15, 0.2) is 5.82 Å². The van der Waals surface area contributed by atoms with E-state index in [0.717, 1.165) is 5.69 Å². The fourth-order valence-corrected chi connectivity index (χ4v) is 2.81. The first-order chi connectivity index (χ1) is 12.6. The Bertz CT molecular complexity index is 963. The number of nitrogens with zero attached hydrogens (tertiary/aromatic N) is 4. The zero-order valence-electron chi connectivity index (χ0n) is 13.9. The van der Waals surface area contributed by atoms with Gasteiger partial charge in [-0.2, -0.15) is 5.10 Å². The lowest BCUT2D eigenvalue weighted by molar-refractivity contribution is -0.116. The normalized spacial score (nSPS) is 13.9. The number of aromatic nitrogens is 6. The topological polar surface area (TPSA) is 141 Å². The van der Waals surface area contributed by atoms with Gasteiger partial charge in [0.25, 0.3) is 5.91 Å². The molecule has 27 heavy (non-hydrogen) atoms. The summed E-state index contributed by atoms with van der Waals surface area (Å²) in [6, 6.07) is 1.50. The Kier molecular flexibility index (Phi) is 4.97. The Morgan fingerprint density at radius 2 is 2.11 bits per heavy atom. The maximum Gasteiger partial charge on any atom is 0.270 e. The predicted octanol–water partition coefficient (Wildman–Crippen LogP) is 1.60. The summed E-state index contributed by atoms with van der Waals surface area (Å²) in [4.78, 5) is 39.4. The van der Waals surface area contributed by atoms with Crippen LogP contribution in [0, 0.1) is 0 Å². The molecular weight excluding hydrogens is 348 g/mol. The molecule has 10 nitrogen and oxygen atoms in total. The van der Waals surface area contributed by atoms with E-state index in [9.17, 15) is 9.59 Å². The molecule has 1 aliphatic rings. The maximum atomic E-state index is 12.7. The van der Waals surface area contributed by atoms with Crippen LogP contribution in [-0.4, -0.2) is 41.9 Å². The van der Waals surface area contributed by atoms with Crippen molar-refractivity contribution in [2.75, 3.05) is 5.32 Å². The van der Waals surface area contributed by atoms with E-state index in [1.165, 1.54) is 6.33 Å². The summed E-state index contributed by atoms with van der Waals surface area (Å²) in [7, 11) is 0. The Hall–Kier alpha value is -3.56. The highest BCUT2D eigenvalue weighted by Gasteiger charge is 2.24. The van der Waals surface area contributed by atoms with Crippen molar-refractivity contribution in [3.8, 4) is 11.5 Å². The van der Waals surface area contributed by atoms with E-state index in [1.54, 1.807) is 12.4 Å². The lowest BCUT2D eigenvalue weighted by atomic mass is 10.0. The average Bonchev–Trinajstić information content (AvgIpc) is 3.32. The second kappa shape index (κ2) is 7.36. The number of aromatic amines is 2. The van der Waals surface area contributed by atoms with Gasteiger partial charge in [-0.1, -0.05) is 7.43 Å². The van der Waals surface area contributed by atoms with E-state index in [-0.39, 0.29) is 31.0 Å². The number of carbonyl (C=O) groups excluding carboxylic acids is 2. The van der Waals surface area contributed by atoms with E-state index in [0.29, 0.717) is 35.7 Å². The molecule has 2 amide bonds. The van der Waals surface area contributed by atoms with Crippen LogP contribution in [0.3, 0.4) is 0 Å². The minimum Gasteiger partial charge on any atom is -0.343 e. The van der Waals surface area contributed by atoms with Gasteiger partial charge in [0.2, 0.25) is 5.91 Å². The summed E-state index contributed by atoms with van der Waals surface area (Å²) in [5.41, 5.74) is 2.32. The van der Waals surface area contributed by atoms with Gasteiger partial charge >= 0.3 is 0 Å². The van der Waals surface area contributed by atoms with Gasteiger partial charge in [-0.25, -0.2) is 15.0 Å². The Morgan fingerprint density at radius 1 is 1.26 bits per heavy atom. The molecule has 0 fully saturated rings. The van der Waals surface area contributed by atoms with Crippen LogP contribution >= 0.6 is 0 Å². The molecule has 4 N–H and O–H groups in total. The van der Waals surface area contributed by atoms with Crippen LogP contribution in [0.1, 0.15) is 48.6 Å². The molecule has 3 aromatic heterocycles. The molecule has 0 spiro atoms. The fourth-order valence-electron chi connectivity index (χ4n) is 2.81. The summed E-state index contributed by atoms with van der Waals surface area (Å²) >= 11 is 0. The number of fused-ring (bicyclic) bond motifs is 1. The number of nitrogens with one attached hydrogen (secondary N) is 4. The second-order valence-corrected chi connectivity index (χ2v) is 5.94. The largest absolute Gasteiger partial charge is 0.343 e. The summed E-state index contributed by atoms with van der Waals surface area (Å²) in [6.07, 6.45) is 5.38. The van der Waals surface area contributed by atoms with Crippen LogP contribution < -0.4 is 10.6 Å². The summed E-state index contributed by atoms with van der Waals surface area (Å²) in [6.45, 7) is 1.84. The van der Waals surface area contributed by atoms with Crippen LogP contribution in [0.25, 0.3) is 11.5 Å². The molecule has 3 aromatic rings. The lowest BCUT2D eigenvalue weighted by Gasteiger charge is -2.18. The van der Waals surface area contributed by atoms with Gasteiger partial charge in [0.1, 0.15) is 23.5 Å². The molecule has 0 saturated carbocycles. The highest BCUT2D eigenvalue weighted by atomic mass is 16.2. The molecule has 4 heterocycles. The molecule has 0 bridgehead atoms. The van der Waals surface area contributed by atoms with Crippen LogP contribution in [0.5, 0.6) is 0 Å². The zero-order valence-corrected chi connectivity index (χ0v) is 13.9. The number of amides is 2. The fraction of sp³-hybridized carbons (Fsp3) is 0.294. The van der Waals surface area contributed by atoms with E-state index in [2.05, 4.69) is 40.8 Å². The summed E-state index contributed by atoms with van der Waals surface area (Å²) in [5, 5.41) is 12.7. The molecule has 0 radical (unpaired) electrons. The van der Waals surface area contributed by atoms with Crippen molar-refractivity contribution in [2.24, 2.45) is 0 Å². The molecule has 0 saturated heterocycles. The van der Waals surface area contributed by atoms with Gasteiger partial charge < -0.3 is 15.6 Å². The highest BCUT2D eigenvalue weighted by Crippen LogP contribution is 2.23. The van der Waals surface area contributed by atoms with Gasteiger partial charge in [-0.05, 0) is 19.4 Å². The SMILES string of the molecule is C.C[C@@H](NC(=O)c1ncnc2c1CCC(=O)N2)c1cc(-c2ncc[nH]2)n[nH]1. The summed E-state index contributed by atoms with van der Waals surface area (Å²) in [5.74, 6) is 0.600. The van der Waals surface area contributed by atoms with E-state index >= 15 is 0 Å². The van der Waals surface area contributed by atoms with E-state index in [4.69, 9.17) is 0 Å². The average molecular weight is 368 g/mol. The minimum absolute atomic E-state index is 0. The highest BCUT2D eigenvalue weighted by molar-refractivity contribution is 5.99. The maximum absolute atomic E-state index is 12.7. The van der Waals surface area contributed by atoms with Crippen LogP contribution in [0.15, 0.2) is 24.8 Å². The molecule has 1 aliphatic heterocycles. The molecule has 4 rings (SSSR count). The van der Waals surface area contributed by atoms with E-state index in [1.807, 2.05) is 13.0 Å². The van der Waals surface area contributed by atoms with Crippen molar-refractivity contribution < 1.29 is 9.59 Å². The molecule has 10 heteroatoms. The van der Waals surface area contributed by atoms with Crippen molar-refractivity contribution in [3.63, 3.8) is 0 Å². The Labute approximate surface area is 155 Å². The summed E-state index contributed by atoms with van der Waals surface area (Å²) < 4.78 is 0. The van der Waals surface area contributed by atoms with Crippen LogP contribution in [-0.2, 0) is 11.2 Å². The van der Waals surface area contributed by atoms with Crippen molar-refractivity contribution in [1.29, 1.82) is 0 Å². The molecule has 1 atom stereocenters. The number of carbonyl (C=O) groups is 2. The first-order valence-corrected chi connectivity index (χ1v) is 8.11. The van der Waals surface area contributed by atoms with Crippen LogP contribution in [0.2, 0.25) is 0 Å². The van der Waals surface area contributed by atoms with Crippen LogP contribution in [0.4, 0.5) is 5.82 Å². The van der Waals surface area contributed by atoms with Gasteiger partial charge in [-0.3, -0.25) is 14.7 Å². The first-order valence-electron chi connectivity index (χ1n) is 8.11. The number of hydrogen-bond donors (Lipinski definition) is 4. The third kappa shape index (κ3) is 3.54. The third-order valence-electron chi connectivity index (χ3n) is 4.17. The standard InChI is InChI=1S/C16H16N8O2.CH4/c1-8(10-6-11(24-23-10)15-17-4-5-18-15)21-16(26)13-9-2-3-12(25)22-14(9)20-7-19-13;/h4-8H,2-3H2,1H3,(H,17,18)(H,21,26)(H,23,24)(H,19,20,22,25);1H4/t8-;/m1./s1. The van der Waals surface area contributed by atoms with Crippen molar-refractivity contribution in [3.05, 3.63) is 41.7 Å². The molecule has 0 aliphatic carbocycles. The number of imidazole rings is 1. The van der Waals surface area contributed by atoms with Gasteiger partial charge in [0, 0.05) is 24.4 Å².